The predicted octanol–water partition coefficient (Wildman–Crippen LogP) is 0.456. The Morgan fingerprint density at radius 2 is 1.88 bits per heavy atom. The maximum Gasteiger partial charge on any atom is 0.325 e. The van der Waals surface area contributed by atoms with Crippen LogP contribution in [0.4, 0.5) is 10.5 Å². The molecule has 0 aromatic heterocycles. The summed E-state index contributed by atoms with van der Waals surface area (Å²) in [6.45, 7) is 1.58. The molecule has 1 aromatic carbocycles. The van der Waals surface area contributed by atoms with Crippen LogP contribution in [0.25, 0.3) is 0 Å². The molecule has 3 rings (SSSR count). The van der Waals surface area contributed by atoms with Crippen molar-refractivity contribution in [2.24, 2.45) is 0 Å². The molecule has 2 saturated heterocycles. The van der Waals surface area contributed by atoms with Crippen molar-refractivity contribution in [1.29, 1.82) is 0 Å². The predicted molar refractivity (Wildman–Crippen MR) is 90.1 cm³/mol. The van der Waals surface area contributed by atoms with Gasteiger partial charge in [-0.05, 0) is 31.2 Å². The molecule has 0 spiro atoms. The van der Waals surface area contributed by atoms with E-state index in [-0.39, 0.29) is 31.6 Å². The van der Waals surface area contributed by atoms with Crippen molar-refractivity contribution in [3.05, 3.63) is 29.3 Å². The molecule has 132 valence electrons. The second-order valence-electron chi connectivity index (χ2n) is 5.99. The summed E-state index contributed by atoms with van der Waals surface area (Å²) in [4.78, 5) is 51.9. The Morgan fingerprint density at radius 3 is 2.48 bits per heavy atom. The first kappa shape index (κ1) is 17.2. The Labute approximate surface area is 149 Å². The van der Waals surface area contributed by atoms with Crippen LogP contribution >= 0.6 is 11.6 Å². The number of imide groups is 1. The number of nitrogens with one attached hydrogen (secondary N) is 1. The number of carbonyl (C=O) groups is 4. The highest BCUT2D eigenvalue weighted by molar-refractivity contribution is 6.30. The quantitative estimate of drug-likeness (QED) is 0.789. The molecule has 0 radical (unpaired) electrons. The summed E-state index contributed by atoms with van der Waals surface area (Å²) in [5.74, 6) is -1.11. The molecule has 0 saturated carbocycles. The minimum absolute atomic E-state index is 0.105. The lowest BCUT2D eigenvalue weighted by molar-refractivity contribution is -0.141. The minimum atomic E-state index is -0.586. The summed E-state index contributed by atoms with van der Waals surface area (Å²) >= 11 is 5.86. The fourth-order valence-corrected chi connectivity index (χ4v) is 3.02. The number of halogens is 1. The van der Waals surface area contributed by atoms with E-state index in [0.717, 1.165) is 4.90 Å². The molecular weight excluding hydrogens is 348 g/mol. The van der Waals surface area contributed by atoms with E-state index in [1.54, 1.807) is 29.2 Å². The number of anilines is 1. The van der Waals surface area contributed by atoms with Gasteiger partial charge in [-0.1, -0.05) is 11.6 Å². The summed E-state index contributed by atoms with van der Waals surface area (Å²) in [5.41, 5.74) is 0.711. The number of hydrogen-bond donors (Lipinski definition) is 1. The van der Waals surface area contributed by atoms with Gasteiger partial charge in [0.2, 0.25) is 11.8 Å². The highest BCUT2D eigenvalue weighted by Crippen LogP contribution is 2.22. The van der Waals surface area contributed by atoms with Gasteiger partial charge in [-0.25, -0.2) is 4.79 Å². The van der Waals surface area contributed by atoms with Crippen molar-refractivity contribution < 1.29 is 19.2 Å². The van der Waals surface area contributed by atoms with Crippen molar-refractivity contribution in [3.8, 4) is 0 Å². The van der Waals surface area contributed by atoms with Crippen LogP contribution in [0.5, 0.6) is 0 Å². The molecule has 2 fully saturated rings. The van der Waals surface area contributed by atoms with Crippen LogP contribution in [0.1, 0.15) is 6.92 Å². The minimum Gasteiger partial charge on any atom is -0.329 e. The standard InChI is InChI=1S/C16H17ClN4O4/c1-10-7-20(12-4-2-11(17)3-5-12)15(24)8-19(10)14(23)9-21-13(22)6-18-16(21)25/h2-5,10H,6-9H2,1H3,(H,18,25)/t10-/m1/s1. The largest absolute Gasteiger partial charge is 0.329 e. The lowest BCUT2D eigenvalue weighted by atomic mass is 10.1. The average Bonchev–Trinajstić information content (AvgIpc) is 2.89. The number of piperazine rings is 1. The number of amides is 5. The van der Waals surface area contributed by atoms with E-state index in [9.17, 15) is 19.2 Å². The molecule has 2 aliphatic rings. The fraction of sp³-hybridized carbons (Fsp3) is 0.375. The molecule has 8 nitrogen and oxygen atoms in total. The van der Waals surface area contributed by atoms with Crippen LogP contribution in [-0.2, 0) is 14.4 Å². The topological polar surface area (TPSA) is 90.0 Å². The molecule has 25 heavy (non-hydrogen) atoms. The van der Waals surface area contributed by atoms with Crippen LogP contribution in [0.2, 0.25) is 5.02 Å². The van der Waals surface area contributed by atoms with E-state index in [1.807, 2.05) is 6.92 Å². The van der Waals surface area contributed by atoms with Crippen molar-refractivity contribution in [1.82, 2.24) is 15.1 Å². The van der Waals surface area contributed by atoms with Crippen LogP contribution in [0.3, 0.4) is 0 Å². The third kappa shape index (κ3) is 3.43. The highest BCUT2D eigenvalue weighted by Gasteiger charge is 2.36. The molecular formula is C16H17ClN4O4. The number of urea groups is 1. The maximum absolute atomic E-state index is 12.5. The van der Waals surface area contributed by atoms with Crippen molar-refractivity contribution in [2.75, 3.05) is 31.1 Å². The van der Waals surface area contributed by atoms with Gasteiger partial charge in [-0.2, -0.15) is 0 Å². The van der Waals surface area contributed by atoms with E-state index in [1.165, 1.54) is 4.90 Å². The first-order valence-corrected chi connectivity index (χ1v) is 8.18. The van der Waals surface area contributed by atoms with Gasteiger partial charge in [0, 0.05) is 23.3 Å². The van der Waals surface area contributed by atoms with Gasteiger partial charge in [0.1, 0.15) is 13.1 Å². The Bertz CT molecular complexity index is 720. The summed E-state index contributed by atoms with van der Waals surface area (Å²) in [6, 6.07) is 6.06. The SMILES string of the molecule is C[C@@H]1CN(c2ccc(Cl)cc2)C(=O)CN1C(=O)CN1C(=O)CNC1=O. The van der Waals surface area contributed by atoms with Gasteiger partial charge in [-0.3, -0.25) is 19.3 Å². The molecule has 1 atom stereocenters. The maximum atomic E-state index is 12.5. The van der Waals surface area contributed by atoms with Gasteiger partial charge in [0.25, 0.3) is 5.91 Å². The second-order valence-corrected chi connectivity index (χ2v) is 6.43. The smallest absolute Gasteiger partial charge is 0.325 e. The van der Waals surface area contributed by atoms with E-state index in [4.69, 9.17) is 11.6 Å². The summed E-state index contributed by atoms with van der Waals surface area (Å²) in [6.07, 6.45) is 0. The van der Waals surface area contributed by atoms with E-state index in [0.29, 0.717) is 17.3 Å². The molecule has 1 N–H and O–H groups in total. The Kier molecular flexibility index (Phi) is 4.63. The zero-order valence-corrected chi connectivity index (χ0v) is 14.3. The van der Waals surface area contributed by atoms with Crippen molar-refractivity contribution in [3.63, 3.8) is 0 Å². The molecule has 2 heterocycles. The number of rotatable bonds is 3. The zero-order chi connectivity index (χ0) is 18.1. The number of benzene rings is 1. The lowest BCUT2D eigenvalue weighted by Crippen LogP contribution is -2.59. The first-order valence-electron chi connectivity index (χ1n) is 7.80. The zero-order valence-electron chi connectivity index (χ0n) is 13.6. The number of nitrogens with zero attached hydrogens (tertiary/aromatic N) is 3. The average molecular weight is 365 g/mol. The van der Waals surface area contributed by atoms with Gasteiger partial charge in [0.15, 0.2) is 0 Å². The van der Waals surface area contributed by atoms with E-state index in [2.05, 4.69) is 5.32 Å². The van der Waals surface area contributed by atoms with Gasteiger partial charge in [-0.15, -0.1) is 0 Å². The second kappa shape index (κ2) is 6.72. The molecule has 0 aliphatic carbocycles. The Morgan fingerprint density at radius 1 is 1.20 bits per heavy atom. The third-order valence-electron chi connectivity index (χ3n) is 4.27. The van der Waals surface area contributed by atoms with Gasteiger partial charge < -0.3 is 15.1 Å². The molecule has 2 aliphatic heterocycles. The van der Waals surface area contributed by atoms with Crippen LogP contribution in [-0.4, -0.2) is 65.8 Å². The number of hydrogen-bond acceptors (Lipinski definition) is 4. The molecule has 9 heteroatoms. The van der Waals surface area contributed by atoms with Crippen molar-refractivity contribution >= 4 is 41.0 Å². The summed E-state index contributed by atoms with van der Waals surface area (Å²) in [7, 11) is 0. The normalized spacial score (nSPS) is 21.0. The highest BCUT2D eigenvalue weighted by atomic mass is 35.5. The van der Waals surface area contributed by atoms with Gasteiger partial charge in [0.05, 0.1) is 6.54 Å². The molecule has 1 aromatic rings. The number of carbonyl (C=O) groups excluding carboxylic acids is 4. The molecule has 0 bridgehead atoms. The molecule has 0 unspecified atom stereocenters. The monoisotopic (exact) mass is 364 g/mol. The van der Waals surface area contributed by atoms with E-state index >= 15 is 0 Å². The Balaban J connectivity index is 1.68. The van der Waals surface area contributed by atoms with Gasteiger partial charge >= 0.3 is 6.03 Å². The fourth-order valence-electron chi connectivity index (χ4n) is 2.90. The van der Waals surface area contributed by atoms with Crippen LogP contribution in [0.15, 0.2) is 24.3 Å². The van der Waals surface area contributed by atoms with E-state index < -0.39 is 17.8 Å². The van der Waals surface area contributed by atoms with Crippen LogP contribution in [0, 0.1) is 0 Å². The lowest BCUT2D eigenvalue weighted by Gasteiger charge is -2.39. The Hall–Kier alpha value is -2.61. The molecule has 5 amide bonds. The first-order chi connectivity index (χ1) is 11.9. The summed E-state index contributed by atoms with van der Waals surface area (Å²) in [5, 5.41) is 2.94. The van der Waals surface area contributed by atoms with Crippen LogP contribution < -0.4 is 10.2 Å². The summed E-state index contributed by atoms with van der Waals surface area (Å²) < 4.78 is 0. The van der Waals surface area contributed by atoms with Crippen molar-refractivity contribution in [2.45, 2.75) is 13.0 Å². The third-order valence-corrected chi connectivity index (χ3v) is 4.53.